The van der Waals surface area contributed by atoms with Gasteiger partial charge < -0.3 is 5.32 Å². The minimum absolute atomic E-state index is 0.0683. The molecule has 0 aromatic heterocycles. The zero-order valence-corrected chi connectivity index (χ0v) is 9.74. The van der Waals surface area contributed by atoms with E-state index < -0.39 is 0 Å². The smallest absolute Gasteiger partial charge is 0.195 e. The largest absolute Gasteiger partial charge is 0.384 e. The van der Waals surface area contributed by atoms with E-state index in [2.05, 4.69) is 5.32 Å². The average Bonchev–Trinajstić information content (AvgIpc) is 2.87. The van der Waals surface area contributed by atoms with Crippen molar-refractivity contribution in [2.45, 2.75) is 6.42 Å². The van der Waals surface area contributed by atoms with E-state index in [-0.39, 0.29) is 11.6 Å². The Morgan fingerprint density at radius 2 is 1.89 bits per heavy atom. The number of nitrogens with one attached hydrogen (secondary N) is 1. The fourth-order valence-electron chi connectivity index (χ4n) is 2.29. The van der Waals surface area contributed by atoms with Crippen LogP contribution in [-0.4, -0.2) is 12.3 Å². The molecule has 0 bridgehead atoms. The first-order valence-electron chi connectivity index (χ1n) is 5.92. The summed E-state index contributed by atoms with van der Waals surface area (Å²) in [5.41, 5.74) is 3.27. The molecule has 1 N–H and O–H groups in total. The monoisotopic (exact) mass is 241 g/mol. The number of benzene rings is 2. The third kappa shape index (κ3) is 1.78. The average molecular weight is 241 g/mol. The third-order valence-electron chi connectivity index (χ3n) is 3.20. The summed E-state index contributed by atoms with van der Waals surface area (Å²) in [5, 5.41) is 3.24. The predicted octanol–water partition coefficient (Wildman–Crippen LogP) is 3.02. The van der Waals surface area contributed by atoms with Crippen molar-refractivity contribution >= 4 is 11.5 Å². The number of anilines is 1. The molecule has 0 amide bonds. The Labute approximate surface area is 104 Å². The van der Waals surface area contributed by atoms with Crippen LogP contribution < -0.4 is 5.32 Å². The molecule has 2 aromatic carbocycles. The first-order valence-corrected chi connectivity index (χ1v) is 5.92. The highest BCUT2D eigenvalue weighted by Crippen LogP contribution is 2.28. The summed E-state index contributed by atoms with van der Waals surface area (Å²) in [6.07, 6.45) is 0.944. The fourth-order valence-corrected chi connectivity index (χ4v) is 2.29. The van der Waals surface area contributed by atoms with Gasteiger partial charge in [-0.3, -0.25) is 4.79 Å². The summed E-state index contributed by atoms with van der Waals surface area (Å²) in [4.78, 5) is 12.4. The Bertz CT molecular complexity index is 604. The number of halogens is 1. The molecule has 3 heteroatoms. The molecule has 2 nitrogen and oxygen atoms in total. The maximum atomic E-state index is 12.8. The molecule has 18 heavy (non-hydrogen) atoms. The molecule has 1 aliphatic rings. The lowest BCUT2D eigenvalue weighted by Crippen LogP contribution is -2.05. The van der Waals surface area contributed by atoms with Crippen molar-refractivity contribution in [3.8, 4) is 0 Å². The second kappa shape index (κ2) is 4.26. The number of hydrogen-bond acceptors (Lipinski definition) is 2. The zero-order chi connectivity index (χ0) is 12.5. The van der Waals surface area contributed by atoms with Crippen LogP contribution in [0.15, 0.2) is 42.5 Å². The molecule has 0 aliphatic carbocycles. The van der Waals surface area contributed by atoms with Gasteiger partial charge in [0.15, 0.2) is 5.78 Å². The van der Waals surface area contributed by atoms with E-state index in [0.29, 0.717) is 11.1 Å². The summed E-state index contributed by atoms with van der Waals surface area (Å²) in [7, 11) is 0. The Morgan fingerprint density at radius 3 is 2.67 bits per heavy atom. The number of carbonyl (C=O) groups is 1. The molecular formula is C15H12FNO. The van der Waals surface area contributed by atoms with E-state index in [4.69, 9.17) is 0 Å². The van der Waals surface area contributed by atoms with Gasteiger partial charge in [-0.15, -0.1) is 0 Å². The van der Waals surface area contributed by atoms with Gasteiger partial charge in [-0.1, -0.05) is 12.1 Å². The van der Waals surface area contributed by atoms with Crippen molar-refractivity contribution in [3.63, 3.8) is 0 Å². The maximum Gasteiger partial charge on any atom is 0.195 e. The fraction of sp³-hybridized carbons (Fsp3) is 0.133. The quantitative estimate of drug-likeness (QED) is 0.819. The van der Waals surface area contributed by atoms with Gasteiger partial charge in [0.1, 0.15) is 5.82 Å². The SMILES string of the molecule is O=C(c1ccc(F)cc1)c1cccc2c1NCC2. The van der Waals surface area contributed by atoms with Crippen LogP contribution in [-0.2, 0) is 6.42 Å². The predicted molar refractivity (Wildman–Crippen MR) is 68.5 cm³/mol. The van der Waals surface area contributed by atoms with Crippen LogP contribution in [0.25, 0.3) is 0 Å². The summed E-state index contributed by atoms with van der Waals surface area (Å²) in [6, 6.07) is 11.4. The van der Waals surface area contributed by atoms with Crippen LogP contribution in [0.4, 0.5) is 10.1 Å². The number of fused-ring (bicyclic) bond motifs is 1. The highest BCUT2D eigenvalue weighted by molar-refractivity contribution is 6.12. The van der Waals surface area contributed by atoms with Crippen molar-refractivity contribution in [2.75, 3.05) is 11.9 Å². The maximum absolute atomic E-state index is 12.8. The van der Waals surface area contributed by atoms with Gasteiger partial charge in [0.2, 0.25) is 0 Å². The normalized spacial score (nSPS) is 12.9. The van der Waals surface area contributed by atoms with Crippen LogP contribution in [0.5, 0.6) is 0 Å². The van der Waals surface area contributed by atoms with Crippen LogP contribution in [0.3, 0.4) is 0 Å². The Balaban J connectivity index is 2.03. The number of hydrogen-bond donors (Lipinski definition) is 1. The minimum Gasteiger partial charge on any atom is -0.384 e. The molecule has 0 saturated carbocycles. The van der Waals surface area contributed by atoms with E-state index >= 15 is 0 Å². The van der Waals surface area contributed by atoms with Gasteiger partial charge in [-0.25, -0.2) is 4.39 Å². The van der Waals surface area contributed by atoms with Gasteiger partial charge in [-0.05, 0) is 42.3 Å². The van der Waals surface area contributed by atoms with Crippen molar-refractivity contribution in [2.24, 2.45) is 0 Å². The van der Waals surface area contributed by atoms with E-state index in [1.54, 1.807) is 0 Å². The number of rotatable bonds is 2. The number of para-hydroxylation sites is 1. The van der Waals surface area contributed by atoms with Gasteiger partial charge >= 0.3 is 0 Å². The van der Waals surface area contributed by atoms with Crippen LogP contribution >= 0.6 is 0 Å². The molecule has 0 radical (unpaired) electrons. The second-order valence-corrected chi connectivity index (χ2v) is 4.35. The van der Waals surface area contributed by atoms with E-state index in [1.807, 2.05) is 18.2 Å². The van der Waals surface area contributed by atoms with Crippen molar-refractivity contribution in [1.29, 1.82) is 0 Å². The third-order valence-corrected chi connectivity index (χ3v) is 3.20. The second-order valence-electron chi connectivity index (χ2n) is 4.35. The number of carbonyl (C=O) groups excluding carboxylic acids is 1. The molecule has 3 rings (SSSR count). The highest BCUT2D eigenvalue weighted by Gasteiger charge is 2.19. The van der Waals surface area contributed by atoms with E-state index in [0.717, 1.165) is 18.7 Å². The molecular weight excluding hydrogens is 229 g/mol. The Kier molecular flexibility index (Phi) is 2.59. The summed E-state index contributed by atoms with van der Waals surface area (Å²) in [6.45, 7) is 0.864. The Hall–Kier alpha value is -2.16. The van der Waals surface area contributed by atoms with Gasteiger partial charge in [-0.2, -0.15) is 0 Å². The molecule has 2 aromatic rings. The molecule has 0 spiro atoms. The lowest BCUT2D eigenvalue weighted by molar-refractivity contribution is 0.103. The van der Waals surface area contributed by atoms with Crippen molar-refractivity contribution < 1.29 is 9.18 Å². The van der Waals surface area contributed by atoms with Gasteiger partial charge in [0.25, 0.3) is 0 Å². The van der Waals surface area contributed by atoms with Gasteiger partial charge in [0.05, 0.1) is 0 Å². The summed E-state index contributed by atoms with van der Waals surface area (Å²) >= 11 is 0. The topological polar surface area (TPSA) is 29.1 Å². The molecule has 0 atom stereocenters. The molecule has 1 aliphatic heterocycles. The minimum atomic E-state index is -0.331. The van der Waals surface area contributed by atoms with E-state index in [9.17, 15) is 9.18 Å². The zero-order valence-electron chi connectivity index (χ0n) is 9.74. The molecule has 0 fully saturated rings. The molecule has 0 unspecified atom stereocenters. The first kappa shape index (κ1) is 11.0. The number of ketones is 1. The molecule has 90 valence electrons. The van der Waals surface area contributed by atoms with Crippen LogP contribution in [0.1, 0.15) is 21.5 Å². The van der Waals surface area contributed by atoms with E-state index in [1.165, 1.54) is 29.8 Å². The van der Waals surface area contributed by atoms with Crippen LogP contribution in [0.2, 0.25) is 0 Å². The highest BCUT2D eigenvalue weighted by atomic mass is 19.1. The Morgan fingerprint density at radius 1 is 1.11 bits per heavy atom. The lowest BCUT2D eigenvalue weighted by Gasteiger charge is -2.07. The molecule has 0 saturated heterocycles. The van der Waals surface area contributed by atoms with Crippen molar-refractivity contribution in [1.82, 2.24) is 0 Å². The lowest BCUT2D eigenvalue weighted by atomic mass is 9.99. The standard InChI is InChI=1S/C15H12FNO/c16-12-6-4-11(5-7-12)15(18)13-3-1-2-10-8-9-17-14(10)13/h1-7,17H,8-9H2. The van der Waals surface area contributed by atoms with Crippen molar-refractivity contribution in [3.05, 3.63) is 65.0 Å². The first-order chi connectivity index (χ1) is 8.75. The summed E-state index contributed by atoms with van der Waals surface area (Å²) in [5.74, 6) is -0.399. The summed E-state index contributed by atoms with van der Waals surface area (Å²) < 4.78 is 12.8. The van der Waals surface area contributed by atoms with Crippen LogP contribution in [0, 0.1) is 5.82 Å². The van der Waals surface area contributed by atoms with Gasteiger partial charge in [0, 0.05) is 23.4 Å². The molecule has 1 heterocycles.